The molecule has 1 aromatic carbocycles. The largest absolute Gasteiger partial charge is 0.378 e. The third-order valence-electron chi connectivity index (χ3n) is 10.2. The summed E-state index contributed by atoms with van der Waals surface area (Å²) in [6.07, 6.45) is 1.55. The van der Waals surface area contributed by atoms with Gasteiger partial charge in [0.2, 0.25) is 29.5 Å². The molecule has 2 saturated carbocycles. The van der Waals surface area contributed by atoms with Gasteiger partial charge < -0.3 is 9.47 Å². The van der Waals surface area contributed by atoms with Gasteiger partial charge in [0.1, 0.15) is 6.10 Å². The van der Waals surface area contributed by atoms with Gasteiger partial charge in [0.05, 0.1) is 36.7 Å². The summed E-state index contributed by atoms with van der Waals surface area (Å²) in [5.41, 5.74) is 2.51. The lowest BCUT2D eigenvalue weighted by Crippen LogP contribution is -2.44. The molecule has 9 heteroatoms. The molecule has 10 atom stereocenters. The summed E-state index contributed by atoms with van der Waals surface area (Å²) in [7, 11) is 0. The van der Waals surface area contributed by atoms with E-state index in [0.717, 1.165) is 29.1 Å². The Balaban J connectivity index is 1.33. The van der Waals surface area contributed by atoms with Gasteiger partial charge in [-0.15, -0.1) is 0 Å². The van der Waals surface area contributed by atoms with Crippen LogP contribution in [-0.4, -0.2) is 60.4 Å². The summed E-state index contributed by atoms with van der Waals surface area (Å²) in [4.78, 5) is 69.0. The van der Waals surface area contributed by atoms with E-state index in [-0.39, 0.29) is 47.5 Å². The Morgan fingerprint density at radius 2 is 1.70 bits per heavy atom. The van der Waals surface area contributed by atoms with Gasteiger partial charge in [-0.05, 0) is 67.9 Å². The molecule has 5 amide bonds. The molecular formula is C31H38N2O7. The molecule has 9 nitrogen and oxygen atoms in total. The van der Waals surface area contributed by atoms with Gasteiger partial charge in [-0.25, -0.2) is 9.80 Å². The first-order valence-corrected chi connectivity index (χ1v) is 14.5. The lowest BCUT2D eigenvalue weighted by atomic mass is 9.61. The third kappa shape index (κ3) is 4.15. The van der Waals surface area contributed by atoms with E-state index < -0.39 is 41.4 Å². The van der Waals surface area contributed by atoms with Crippen LogP contribution in [0.25, 0.3) is 0 Å². The lowest BCUT2D eigenvalue weighted by Gasteiger charge is -2.40. The van der Waals surface area contributed by atoms with E-state index in [9.17, 15) is 24.0 Å². The van der Waals surface area contributed by atoms with Gasteiger partial charge in [0.15, 0.2) is 0 Å². The fourth-order valence-corrected chi connectivity index (χ4v) is 8.55. The molecule has 214 valence electrons. The molecule has 40 heavy (non-hydrogen) atoms. The molecular weight excluding hydrogens is 512 g/mol. The van der Waals surface area contributed by atoms with Crippen LogP contribution in [0, 0.1) is 67.1 Å². The standard InChI is InChI=1S/C31H38N2O7/c1-14-6-7-23(16(3)8-14)33-28(35)17(4)24(29(33)36)25-20(9-15(2)11-39-12-19-13-40-19)21-10-22(25)27-26(21)30(37)32(18(5)34)31(27)38/h6-8,15,17,19-22,24-27H,9-13H2,1-5H3. The summed E-state index contributed by atoms with van der Waals surface area (Å²) in [6, 6.07) is 5.70. The lowest BCUT2D eigenvalue weighted by molar-refractivity contribution is -0.150. The van der Waals surface area contributed by atoms with Crippen molar-refractivity contribution < 1.29 is 33.4 Å². The molecule has 3 saturated heterocycles. The number of imide groups is 4. The van der Waals surface area contributed by atoms with E-state index in [1.165, 1.54) is 11.8 Å². The van der Waals surface area contributed by atoms with Gasteiger partial charge in [-0.2, -0.15) is 0 Å². The van der Waals surface area contributed by atoms with Gasteiger partial charge in [0, 0.05) is 19.4 Å². The number of likely N-dealkylation sites (tertiary alicyclic amines) is 1. The predicted octanol–water partition coefficient (Wildman–Crippen LogP) is 2.90. The van der Waals surface area contributed by atoms with Crippen molar-refractivity contribution in [3.8, 4) is 0 Å². The number of amides is 5. The van der Waals surface area contributed by atoms with Crippen molar-refractivity contribution >= 4 is 35.2 Å². The fourth-order valence-electron chi connectivity index (χ4n) is 8.55. The number of ether oxygens (including phenoxy) is 2. The Morgan fingerprint density at radius 3 is 2.33 bits per heavy atom. The molecule has 2 bridgehead atoms. The summed E-state index contributed by atoms with van der Waals surface area (Å²) in [5.74, 6) is -4.55. The van der Waals surface area contributed by atoms with Crippen LogP contribution in [-0.2, 0) is 33.4 Å². The maximum atomic E-state index is 14.2. The van der Waals surface area contributed by atoms with Gasteiger partial charge in [-0.3, -0.25) is 24.0 Å². The molecule has 5 fully saturated rings. The predicted molar refractivity (Wildman–Crippen MR) is 143 cm³/mol. The van der Waals surface area contributed by atoms with Crippen LogP contribution in [0.4, 0.5) is 5.69 Å². The Hall–Kier alpha value is -2.91. The number of aryl methyl sites for hydroxylation is 2. The highest BCUT2D eigenvalue weighted by Crippen LogP contribution is 2.65. The second-order valence-corrected chi connectivity index (χ2v) is 12.8. The van der Waals surface area contributed by atoms with Crippen molar-refractivity contribution in [3.05, 3.63) is 29.3 Å². The van der Waals surface area contributed by atoms with E-state index in [0.29, 0.717) is 25.3 Å². The topological polar surface area (TPSA) is 114 Å². The molecule has 1 aromatic rings. The maximum absolute atomic E-state index is 14.2. The monoisotopic (exact) mass is 550 g/mol. The number of fused-ring (bicyclic) bond motifs is 5. The van der Waals surface area contributed by atoms with E-state index in [1.807, 2.05) is 39.0 Å². The minimum atomic E-state index is -0.605. The summed E-state index contributed by atoms with van der Waals surface area (Å²) >= 11 is 0. The second kappa shape index (κ2) is 9.87. The van der Waals surface area contributed by atoms with Crippen molar-refractivity contribution in [2.24, 2.45) is 53.3 Å². The van der Waals surface area contributed by atoms with Crippen LogP contribution < -0.4 is 4.90 Å². The number of nitrogens with zero attached hydrogens (tertiary/aromatic N) is 2. The minimum Gasteiger partial charge on any atom is -0.378 e. The normalized spacial score (nSPS) is 37.1. The first kappa shape index (κ1) is 27.3. The minimum absolute atomic E-state index is 0.0334. The van der Waals surface area contributed by atoms with Crippen LogP contribution in [0.3, 0.4) is 0 Å². The van der Waals surface area contributed by atoms with E-state index >= 15 is 0 Å². The molecule has 0 radical (unpaired) electrons. The summed E-state index contributed by atoms with van der Waals surface area (Å²) in [6.45, 7) is 10.8. The van der Waals surface area contributed by atoms with Crippen molar-refractivity contribution in [2.45, 2.75) is 53.6 Å². The average Bonchev–Trinajstić information content (AvgIpc) is 3.37. The average molecular weight is 551 g/mol. The van der Waals surface area contributed by atoms with Gasteiger partial charge >= 0.3 is 0 Å². The van der Waals surface area contributed by atoms with Crippen LogP contribution in [0.15, 0.2) is 18.2 Å². The van der Waals surface area contributed by atoms with Crippen molar-refractivity contribution in [1.82, 2.24) is 4.90 Å². The zero-order valence-electron chi connectivity index (χ0n) is 23.8. The maximum Gasteiger partial charge on any atom is 0.240 e. The Bertz CT molecular complexity index is 1290. The second-order valence-electron chi connectivity index (χ2n) is 12.8. The molecule has 6 rings (SSSR count). The first-order valence-electron chi connectivity index (χ1n) is 14.5. The van der Waals surface area contributed by atoms with Gasteiger partial charge in [0.25, 0.3) is 0 Å². The number of epoxide rings is 1. The molecule has 0 N–H and O–H groups in total. The van der Waals surface area contributed by atoms with Crippen LogP contribution in [0.2, 0.25) is 0 Å². The zero-order valence-corrected chi connectivity index (χ0v) is 23.8. The number of carbonyl (C=O) groups is 5. The number of carbonyl (C=O) groups excluding carboxylic acids is 5. The quantitative estimate of drug-likeness (QED) is 0.361. The summed E-state index contributed by atoms with van der Waals surface area (Å²) < 4.78 is 11.1. The number of benzene rings is 1. The SMILES string of the molecule is CC(=O)N1C(=O)C2C3CC(C2C1=O)C(C1C(=O)N(c2ccc(C)cc2C)C(=O)C1C)C3CC(C)COCC1CO1. The smallest absolute Gasteiger partial charge is 0.240 e. The Labute approximate surface area is 234 Å². The number of anilines is 1. The van der Waals surface area contributed by atoms with Crippen LogP contribution in [0.1, 0.15) is 44.7 Å². The molecule has 0 aromatic heterocycles. The molecule has 10 unspecified atom stereocenters. The molecule has 5 aliphatic rings. The van der Waals surface area contributed by atoms with Crippen LogP contribution in [0.5, 0.6) is 0 Å². The molecule has 3 heterocycles. The summed E-state index contributed by atoms with van der Waals surface area (Å²) in [5, 5.41) is 0. The van der Waals surface area contributed by atoms with E-state index in [1.54, 1.807) is 0 Å². The number of hydrogen-bond donors (Lipinski definition) is 0. The van der Waals surface area contributed by atoms with Crippen LogP contribution >= 0.6 is 0 Å². The number of rotatable bonds is 8. The number of hydrogen-bond acceptors (Lipinski definition) is 7. The highest BCUT2D eigenvalue weighted by atomic mass is 16.6. The molecule has 2 aliphatic carbocycles. The van der Waals surface area contributed by atoms with Crippen molar-refractivity contribution in [1.29, 1.82) is 0 Å². The van der Waals surface area contributed by atoms with E-state index in [2.05, 4.69) is 6.92 Å². The van der Waals surface area contributed by atoms with E-state index in [4.69, 9.17) is 9.47 Å². The zero-order chi connectivity index (χ0) is 28.6. The highest BCUT2D eigenvalue weighted by molar-refractivity contribution is 6.22. The Kier molecular flexibility index (Phi) is 6.73. The molecule has 0 spiro atoms. The fraction of sp³-hybridized carbons (Fsp3) is 0.645. The van der Waals surface area contributed by atoms with Gasteiger partial charge in [-0.1, -0.05) is 31.5 Å². The molecule has 3 aliphatic heterocycles. The van der Waals surface area contributed by atoms with Crippen molar-refractivity contribution in [3.63, 3.8) is 0 Å². The van der Waals surface area contributed by atoms with Crippen molar-refractivity contribution in [2.75, 3.05) is 24.7 Å². The Morgan fingerprint density at radius 1 is 1.02 bits per heavy atom. The highest BCUT2D eigenvalue weighted by Gasteiger charge is 2.70. The third-order valence-corrected chi connectivity index (χ3v) is 10.2. The first-order chi connectivity index (χ1) is 19.0.